The van der Waals surface area contributed by atoms with Gasteiger partial charge in [-0.15, -0.1) is 0 Å². The molecule has 8 heteroatoms. The van der Waals surface area contributed by atoms with Crippen LogP contribution in [0.3, 0.4) is 0 Å². The first-order chi connectivity index (χ1) is 12.0. The van der Waals surface area contributed by atoms with Crippen molar-refractivity contribution < 1.29 is 14.3 Å². The number of benzene rings is 1. The largest absolute Gasteiger partial charge is 0.483 e. The first kappa shape index (κ1) is 19.1. The Bertz CT molecular complexity index is 671. The summed E-state index contributed by atoms with van der Waals surface area (Å²) in [6, 6.07) is 3.74. The van der Waals surface area contributed by atoms with Gasteiger partial charge < -0.3 is 14.4 Å². The lowest BCUT2D eigenvalue weighted by Crippen LogP contribution is -2.43. The van der Waals surface area contributed by atoms with E-state index in [-0.39, 0.29) is 12.5 Å². The zero-order chi connectivity index (χ0) is 18.2. The molecule has 0 unspecified atom stereocenters. The molecular formula is C17H22N4O3S. The molecule has 1 amide bonds. The van der Waals surface area contributed by atoms with Crippen molar-refractivity contribution in [3.05, 3.63) is 23.3 Å². The van der Waals surface area contributed by atoms with Crippen molar-refractivity contribution >= 4 is 28.5 Å². The summed E-state index contributed by atoms with van der Waals surface area (Å²) in [5, 5.41) is 11.8. The highest BCUT2D eigenvalue weighted by molar-refractivity contribution is 8.13. The smallest absolute Gasteiger partial charge is 0.260 e. The van der Waals surface area contributed by atoms with E-state index in [9.17, 15) is 4.79 Å². The summed E-state index contributed by atoms with van der Waals surface area (Å²) >= 11 is 1.36. The number of morpholine rings is 1. The Hall–Kier alpha value is -2.24. The number of nitrogens with zero attached hydrogens (tertiary/aromatic N) is 3. The highest BCUT2D eigenvalue weighted by Crippen LogP contribution is 2.29. The van der Waals surface area contributed by atoms with Crippen molar-refractivity contribution in [2.75, 3.05) is 39.2 Å². The minimum absolute atomic E-state index is 0.0103. The second-order valence-electron chi connectivity index (χ2n) is 5.55. The standard InChI is InChI=1S/C17H22N4O3S/c1-12-8-14(20-17(25-3)19-11-18)9-13(2)16(12)24-10-15(22)21-4-6-23-7-5-21/h8-9H,4-7,10H2,1-3H3,(H,19,20). The number of carbonyl (C=O) groups is 1. The van der Waals surface area contributed by atoms with E-state index in [1.165, 1.54) is 11.8 Å². The molecule has 1 aromatic rings. The van der Waals surface area contributed by atoms with E-state index < -0.39 is 0 Å². The zero-order valence-electron chi connectivity index (χ0n) is 14.7. The number of nitriles is 1. The summed E-state index contributed by atoms with van der Waals surface area (Å²) in [6.07, 6.45) is 3.71. The quantitative estimate of drug-likeness (QED) is 0.381. The fourth-order valence-corrected chi connectivity index (χ4v) is 2.89. The van der Waals surface area contributed by atoms with Crippen LogP contribution in [-0.4, -0.2) is 55.1 Å². The number of hydrogen-bond acceptors (Lipinski definition) is 6. The van der Waals surface area contributed by atoms with Crippen molar-refractivity contribution in [1.82, 2.24) is 10.2 Å². The maximum atomic E-state index is 12.2. The Kier molecular flexibility index (Phi) is 7.10. The second-order valence-corrected chi connectivity index (χ2v) is 6.34. The molecule has 1 aliphatic rings. The summed E-state index contributed by atoms with van der Waals surface area (Å²) in [6.45, 7) is 6.20. The SMILES string of the molecule is CSC(=Nc1cc(C)c(OCC(=O)N2CCOCC2)c(C)c1)NC#N. The number of aliphatic imine (C=N–C) groups is 1. The maximum absolute atomic E-state index is 12.2. The van der Waals surface area contributed by atoms with Crippen molar-refractivity contribution in [3.8, 4) is 11.9 Å². The van der Waals surface area contributed by atoms with Crippen LogP contribution in [0.4, 0.5) is 5.69 Å². The van der Waals surface area contributed by atoms with Crippen LogP contribution in [0.5, 0.6) is 5.75 Å². The van der Waals surface area contributed by atoms with Crippen LogP contribution in [-0.2, 0) is 9.53 Å². The molecule has 0 bridgehead atoms. The highest BCUT2D eigenvalue weighted by atomic mass is 32.2. The van der Waals surface area contributed by atoms with Gasteiger partial charge in [-0.05, 0) is 43.4 Å². The normalized spacial score (nSPS) is 14.8. The Morgan fingerprint density at radius 3 is 2.60 bits per heavy atom. The Labute approximate surface area is 152 Å². The molecule has 25 heavy (non-hydrogen) atoms. The molecule has 1 aliphatic heterocycles. The number of amides is 1. The van der Waals surface area contributed by atoms with Gasteiger partial charge in [0.1, 0.15) is 5.75 Å². The van der Waals surface area contributed by atoms with E-state index in [1.54, 1.807) is 4.90 Å². The lowest BCUT2D eigenvalue weighted by molar-refractivity contribution is -0.137. The van der Waals surface area contributed by atoms with Gasteiger partial charge in [0.15, 0.2) is 18.0 Å². The van der Waals surface area contributed by atoms with Crippen LogP contribution in [0.2, 0.25) is 0 Å². The second kappa shape index (κ2) is 9.30. The number of amidine groups is 1. The molecule has 1 aromatic carbocycles. The van der Waals surface area contributed by atoms with Crippen LogP contribution >= 0.6 is 11.8 Å². The molecule has 0 aliphatic carbocycles. The number of carbonyl (C=O) groups excluding carboxylic acids is 1. The predicted octanol–water partition coefficient (Wildman–Crippen LogP) is 1.96. The summed E-state index contributed by atoms with van der Waals surface area (Å²) in [5.41, 5.74) is 2.52. The van der Waals surface area contributed by atoms with Gasteiger partial charge in [-0.1, -0.05) is 11.8 Å². The molecule has 1 fully saturated rings. The number of ether oxygens (including phenoxy) is 2. The van der Waals surface area contributed by atoms with E-state index in [4.69, 9.17) is 14.7 Å². The zero-order valence-corrected chi connectivity index (χ0v) is 15.5. The van der Waals surface area contributed by atoms with Crippen LogP contribution < -0.4 is 10.1 Å². The average Bonchev–Trinajstić information content (AvgIpc) is 2.61. The molecule has 0 radical (unpaired) electrons. The van der Waals surface area contributed by atoms with Gasteiger partial charge in [0.25, 0.3) is 5.91 Å². The van der Waals surface area contributed by atoms with Crippen molar-refractivity contribution in [1.29, 1.82) is 5.26 Å². The topological polar surface area (TPSA) is 86.9 Å². The highest BCUT2D eigenvalue weighted by Gasteiger charge is 2.18. The molecule has 134 valence electrons. The van der Waals surface area contributed by atoms with Crippen molar-refractivity contribution in [2.45, 2.75) is 13.8 Å². The molecular weight excluding hydrogens is 340 g/mol. The molecule has 0 spiro atoms. The Morgan fingerprint density at radius 2 is 2.04 bits per heavy atom. The minimum Gasteiger partial charge on any atom is -0.483 e. The lowest BCUT2D eigenvalue weighted by atomic mass is 10.1. The predicted molar refractivity (Wildman–Crippen MR) is 98.2 cm³/mol. The van der Waals surface area contributed by atoms with Crippen LogP contribution in [0, 0.1) is 25.3 Å². The fourth-order valence-electron chi connectivity index (χ4n) is 2.55. The third-order valence-corrected chi connectivity index (χ3v) is 4.32. The Morgan fingerprint density at radius 1 is 1.40 bits per heavy atom. The molecule has 1 heterocycles. The maximum Gasteiger partial charge on any atom is 0.260 e. The van der Waals surface area contributed by atoms with Gasteiger partial charge in [-0.3, -0.25) is 10.1 Å². The molecule has 1 N–H and O–H groups in total. The number of hydrogen-bond donors (Lipinski definition) is 1. The van der Waals surface area contributed by atoms with E-state index in [0.717, 1.165) is 16.8 Å². The third kappa shape index (κ3) is 5.37. The van der Waals surface area contributed by atoms with Gasteiger partial charge in [-0.25, -0.2) is 4.99 Å². The van der Waals surface area contributed by atoms with E-state index in [2.05, 4.69) is 10.3 Å². The van der Waals surface area contributed by atoms with Crippen LogP contribution in [0.1, 0.15) is 11.1 Å². The van der Waals surface area contributed by atoms with Crippen LogP contribution in [0.25, 0.3) is 0 Å². The van der Waals surface area contributed by atoms with Crippen molar-refractivity contribution in [2.24, 2.45) is 4.99 Å². The molecule has 2 rings (SSSR count). The fraction of sp³-hybridized carbons (Fsp3) is 0.471. The summed E-state index contributed by atoms with van der Waals surface area (Å²) in [5.74, 6) is 0.659. The summed E-state index contributed by atoms with van der Waals surface area (Å²) in [4.78, 5) is 18.4. The minimum atomic E-state index is -0.0351. The van der Waals surface area contributed by atoms with Gasteiger partial charge >= 0.3 is 0 Å². The third-order valence-electron chi connectivity index (χ3n) is 3.74. The van der Waals surface area contributed by atoms with E-state index in [0.29, 0.717) is 37.2 Å². The van der Waals surface area contributed by atoms with Gasteiger partial charge in [0.2, 0.25) is 0 Å². The molecule has 1 saturated heterocycles. The lowest BCUT2D eigenvalue weighted by Gasteiger charge is -2.27. The number of thioether (sulfide) groups is 1. The number of aryl methyl sites for hydroxylation is 2. The van der Waals surface area contributed by atoms with Gasteiger partial charge in [0.05, 0.1) is 18.9 Å². The van der Waals surface area contributed by atoms with Gasteiger partial charge in [-0.2, -0.15) is 5.26 Å². The summed E-state index contributed by atoms with van der Waals surface area (Å²) in [7, 11) is 0. The van der Waals surface area contributed by atoms with E-state index >= 15 is 0 Å². The first-order valence-electron chi connectivity index (χ1n) is 7.92. The number of rotatable bonds is 4. The van der Waals surface area contributed by atoms with E-state index in [1.807, 2.05) is 38.4 Å². The average molecular weight is 362 g/mol. The molecule has 7 nitrogen and oxygen atoms in total. The summed E-state index contributed by atoms with van der Waals surface area (Å²) < 4.78 is 11.0. The molecule has 0 saturated carbocycles. The first-order valence-corrected chi connectivity index (χ1v) is 9.15. The van der Waals surface area contributed by atoms with Gasteiger partial charge in [0, 0.05) is 13.1 Å². The van der Waals surface area contributed by atoms with Crippen LogP contribution in [0.15, 0.2) is 17.1 Å². The number of nitrogens with one attached hydrogen (secondary N) is 1. The van der Waals surface area contributed by atoms with Crippen molar-refractivity contribution in [3.63, 3.8) is 0 Å². The molecule has 0 atom stereocenters. The molecule has 0 aromatic heterocycles. The monoisotopic (exact) mass is 362 g/mol. The Balaban J connectivity index is 2.06.